The van der Waals surface area contributed by atoms with Crippen molar-refractivity contribution >= 4 is 33.9 Å². The maximum Gasteiger partial charge on any atom is 0.294 e. The van der Waals surface area contributed by atoms with Crippen molar-refractivity contribution in [2.45, 2.75) is 13.8 Å². The van der Waals surface area contributed by atoms with Crippen molar-refractivity contribution in [2.24, 2.45) is 0 Å². The molecule has 2 aromatic carbocycles. The molecule has 36 heavy (non-hydrogen) atoms. The number of hydrogen-bond donors (Lipinski definition) is 2. The van der Waals surface area contributed by atoms with Crippen LogP contribution in [0.25, 0.3) is 22.2 Å². The van der Waals surface area contributed by atoms with E-state index >= 15 is 0 Å². The molecule has 0 atom stereocenters. The lowest BCUT2D eigenvalue weighted by Gasteiger charge is -2.25. The van der Waals surface area contributed by atoms with Crippen LogP contribution >= 0.6 is 0 Å². The van der Waals surface area contributed by atoms with Crippen LogP contribution in [0.3, 0.4) is 0 Å². The average molecular weight is 490 g/mol. The SMILES string of the molecule is CCN(CC)CCN(C)c1cc(OC)c(Nc2nccc(-c3c[nH]c4ccccc34)n2)cc1[N+](=O)[O-]. The van der Waals surface area contributed by atoms with Gasteiger partial charge >= 0.3 is 0 Å². The topological polar surface area (TPSA) is 112 Å². The third kappa shape index (κ3) is 5.23. The molecule has 0 bridgehead atoms. The van der Waals surface area contributed by atoms with Crippen LogP contribution in [0.2, 0.25) is 0 Å². The first-order chi connectivity index (χ1) is 17.4. The average Bonchev–Trinajstić information content (AvgIpc) is 3.33. The summed E-state index contributed by atoms with van der Waals surface area (Å²) in [4.78, 5) is 28.0. The number of nitrogens with zero attached hydrogens (tertiary/aromatic N) is 5. The van der Waals surface area contributed by atoms with E-state index in [0.717, 1.165) is 41.8 Å². The third-order valence-electron chi connectivity index (χ3n) is 6.32. The molecule has 0 amide bonds. The Balaban J connectivity index is 1.64. The van der Waals surface area contributed by atoms with Gasteiger partial charge in [-0.15, -0.1) is 0 Å². The van der Waals surface area contributed by atoms with Crippen molar-refractivity contribution in [1.82, 2.24) is 19.9 Å². The monoisotopic (exact) mass is 489 g/mol. The number of anilines is 3. The first kappa shape index (κ1) is 24.9. The molecule has 10 heteroatoms. The van der Waals surface area contributed by atoms with Crippen molar-refractivity contribution in [3.05, 3.63) is 65.0 Å². The van der Waals surface area contributed by atoms with Crippen LogP contribution in [-0.4, -0.2) is 65.1 Å². The van der Waals surface area contributed by atoms with E-state index in [1.54, 1.807) is 12.3 Å². The fraction of sp³-hybridized carbons (Fsp3) is 0.308. The predicted molar refractivity (Wildman–Crippen MR) is 143 cm³/mol. The molecule has 0 fully saturated rings. The number of ether oxygens (including phenoxy) is 1. The fourth-order valence-corrected chi connectivity index (χ4v) is 4.20. The molecule has 2 aromatic heterocycles. The summed E-state index contributed by atoms with van der Waals surface area (Å²) in [6.45, 7) is 7.51. The molecule has 4 rings (SSSR count). The highest BCUT2D eigenvalue weighted by Gasteiger charge is 2.22. The van der Waals surface area contributed by atoms with Crippen molar-refractivity contribution < 1.29 is 9.66 Å². The second kappa shape index (κ2) is 11.0. The molecule has 0 aliphatic rings. The van der Waals surface area contributed by atoms with Gasteiger partial charge in [-0.25, -0.2) is 9.97 Å². The zero-order valence-corrected chi connectivity index (χ0v) is 21.0. The molecule has 2 heterocycles. The molecule has 2 N–H and O–H groups in total. The van der Waals surface area contributed by atoms with E-state index in [4.69, 9.17) is 4.74 Å². The Morgan fingerprint density at radius 2 is 1.92 bits per heavy atom. The number of aromatic amines is 1. The number of rotatable bonds is 11. The lowest BCUT2D eigenvalue weighted by atomic mass is 10.1. The molecule has 0 unspecified atom stereocenters. The van der Waals surface area contributed by atoms with Gasteiger partial charge in [0.1, 0.15) is 11.4 Å². The Morgan fingerprint density at radius 3 is 2.64 bits per heavy atom. The van der Waals surface area contributed by atoms with Crippen LogP contribution in [0.1, 0.15) is 13.8 Å². The van der Waals surface area contributed by atoms with Gasteiger partial charge in [0, 0.05) is 61.1 Å². The minimum atomic E-state index is -0.378. The Bertz CT molecular complexity index is 1350. The number of nitrogens with one attached hydrogen (secondary N) is 2. The van der Waals surface area contributed by atoms with Crippen LogP contribution in [0, 0.1) is 10.1 Å². The van der Waals surface area contributed by atoms with Gasteiger partial charge in [-0.2, -0.15) is 0 Å². The normalized spacial score (nSPS) is 11.1. The molecule has 4 aromatic rings. The lowest BCUT2D eigenvalue weighted by molar-refractivity contribution is -0.384. The Hall–Kier alpha value is -4.18. The molecule has 0 spiro atoms. The van der Waals surface area contributed by atoms with Crippen molar-refractivity contribution in [3.63, 3.8) is 0 Å². The summed E-state index contributed by atoms with van der Waals surface area (Å²) in [7, 11) is 3.39. The van der Waals surface area contributed by atoms with E-state index in [9.17, 15) is 10.1 Å². The third-order valence-corrected chi connectivity index (χ3v) is 6.32. The number of para-hydroxylation sites is 1. The van der Waals surface area contributed by atoms with Crippen LogP contribution < -0.4 is 15.0 Å². The number of H-pyrrole nitrogens is 1. The molecule has 10 nitrogen and oxygen atoms in total. The summed E-state index contributed by atoms with van der Waals surface area (Å²) in [6.07, 6.45) is 3.56. The minimum Gasteiger partial charge on any atom is -0.494 e. The lowest BCUT2D eigenvalue weighted by Crippen LogP contribution is -2.33. The zero-order chi connectivity index (χ0) is 25.7. The van der Waals surface area contributed by atoms with Crippen molar-refractivity contribution in [3.8, 4) is 17.0 Å². The zero-order valence-electron chi connectivity index (χ0n) is 21.0. The summed E-state index contributed by atoms with van der Waals surface area (Å²) < 4.78 is 5.59. The van der Waals surface area contributed by atoms with Crippen LogP contribution in [0.4, 0.5) is 23.0 Å². The number of hydrogen-bond acceptors (Lipinski definition) is 8. The van der Waals surface area contributed by atoms with Gasteiger partial charge in [0.05, 0.1) is 23.4 Å². The number of nitro benzene ring substituents is 1. The van der Waals surface area contributed by atoms with Crippen molar-refractivity contribution in [1.29, 1.82) is 0 Å². The largest absolute Gasteiger partial charge is 0.494 e. The van der Waals surface area contributed by atoms with Crippen LogP contribution in [0.5, 0.6) is 5.75 Å². The second-order valence-electron chi connectivity index (χ2n) is 8.39. The number of methoxy groups -OCH3 is 1. The molecule has 188 valence electrons. The highest BCUT2D eigenvalue weighted by Crippen LogP contribution is 2.39. The van der Waals surface area contributed by atoms with Gasteiger partial charge in [0.2, 0.25) is 5.95 Å². The second-order valence-corrected chi connectivity index (χ2v) is 8.39. The van der Waals surface area contributed by atoms with Crippen molar-refractivity contribution in [2.75, 3.05) is 50.6 Å². The van der Waals surface area contributed by atoms with Gasteiger partial charge in [-0.3, -0.25) is 10.1 Å². The number of benzene rings is 2. The first-order valence-electron chi connectivity index (χ1n) is 11.9. The number of nitro groups is 1. The Kier molecular flexibility index (Phi) is 7.65. The van der Waals surface area contributed by atoms with E-state index in [1.165, 1.54) is 13.2 Å². The van der Waals surface area contributed by atoms with E-state index in [1.807, 2.05) is 48.5 Å². The van der Waals surface area contributed by atoms with E-state index in [2.05, 4.69) is 39.0 Å². The van der Waals surface area contributed by atoms with Gasteiger partial charge < -0.3 is 24.8 Å². The van der Waals surface area contributed by atoms with E-state index < -0.39 is 0 Å². The summed E-state index contributed by atoms with van der Waals surface area (Å²) >= 11 is 0. The highest BCUT2D eigenvalue weighted by molar-refractivity contribution is 5.94. The Labute approximate surface area is 210 Å². The summed E-state index contributed by atoms with van der Waals surface area (Å²) in [5.74, 6) is 0.777. The number of likely N-dealkylation sites (N-methyl/N-ethyl adjacent to an activating group) is 2. The Morgan fingerprint density at radius 1 is 1.14 bits per heavy atom. The molecule has 0 saturated heterocycles. The molecular formula is C26H31N7O3. The highest BCUT2D eigenvalue weighted by atomic mass is 16.6. The predicted octanol–water partition coefficient (Wildman–Crippen LogP) is 5.06. The first-order valence-corrected chi connectivity index (χ1v) is 11.9. The standard InChI is InChI=1S/C26H31N7O3/c1-5-32(6-2)14-13-31(3)23-16-25(36-4)22(15-24(23)33(34)35)30-26-27-12-11-21(29-26)19-17-28-20-10-8-7-9-18(19)20/h7-12,15-17,28H,5-6,13-14H2,1-4H3,(H,27,29,30). The van der Waals surface area contributed by atoms with Gasteiger partial charge in [0.15, 0.2) is 0 Å². The maximum absolute atomic E-state index is 12.0. The smallest absolute Gasteiger partial charge is 0.294 e. The van der Waals surface area contributed by atoms with Crippen LogP contribution in [0.15, 0.2) is 54.9 Å². The molecule has 0 aliphatic carbocycles. The molecule has 0 radical (unpaired) electrons. The summed E-state index contributed by atoms with van der Waals surface area (Å²) in [5.41, 5.74) is 3.57. The molecule has 0 aliphatic heterocycles. The van der Waals surface area contributed by atoms with Gasteiger partial charge in [-0.1, -0.05) is 32.0 Å². The quantitative estimate of drug-likeness (QED) is 0.222. The molecule has 0 saturated carbocycles. The van der Waals surface area contributed by atoms with Gasteiger partial charge in [0.25, 0.3) is 5.69 Å². The van der Waals surface area contributed by atoms with Crippen LogP contribution in [-0.2, 0) is 0 Å². The maximum atomic E-state index is 12.0. The number of aromatic nitrogens is 3. The summed E-state index contributed by atoms with van der Waals surface area (Å²) in [5, 5.41) is 16.1. The van der Waals surface area contributed by atoms with E-state index in [0.29, 0.717) is 29.6 Å². The minimum absolute atomic E-state index is 0.0202. The summed E-state index contributed by atoms with van der Waals surface area (Å²) in [6, 6.07) is 13.0. The number of fused-ring (bicyclic) bond motifs is 1. The fourth-order valence-electron chi connectivity index (χ4n) is 4.20. The van der Waals surface area contributed by atoms with E-state index in [-0.39, 0.29) is 10.6 Å². The molecular weight excluding hydrogens is 458 g/mol. The van der Waals surface area contributed by atoms with Gasteiger partial charge in [-0.05, 0) is 25.2 Å².